The van der Waals surface area contributed by atoms with Crippen molar-refractivity contribution < 1.29 is 14.3 Å². The van der Waals surface area contributed by atoms with E-state index >= 15 is 0 Å². The molecule has 0 atom stereocenters. The van der Waals surface area contributed by atoms with Crippen LogP contribution in [0.25, 0.3) is 0 Å². The molecule has 0 aliphatic heterocycles. The second-order valence-corrected chi connectivity index (χ2v) is 6.21. The minimum Gasteiger partial charge on any atom is -0.490 e. The quantitative estimate of drug-likeness (QED) is 0.699. The predicted octanol–water partition coefficient (Wildman–Crippen LogP) is 4.44. The van der Waals surface area contributed by atoms with Crippen LogP contribution in [0.2, 0.25) is 0 Å². The van der Waals surface area contributed by atoms with Gasteiger partial charge in [0, 0.05) is 18.8 Å². The molecule has 1 aliphatic carbocycles. The molecule has 0 spiro atoms. The first-order chi connectivity index (χ1) is 10.6. The largest absolute Gasteiger partial charge is 0.490 e. The fraction of sp³-hybridized carbons (Fsp3) is 0.579. The van der Waals surface area contributed by atoms with Crippen LogP contribution >= 0.6 is 0 Å². The number of ether oxygens (including phenoxy) is 1. The zero-order valence-electron chi connectivity index (χ0n) is 13.6. The van der Waals surface area contributed by atoms with Crippen LogP contribution < -0.4 is 4.74 Å². The van der Waals surface area contributed by atoms with Gasteiger partial charge >= 0.3 is 0 Å². The van der Waals surface area contributed by atoms with Crippen molar-refractivity contribution in [3.63, 3.8) is 0 Å². The average molecular weight is 302 g/mol. The molecular weight excluding hydrogens is 276 g/mol. The van der Waals surface area contributed by atoms with Crippen molar-refractivity contribution in [1.82, 2.24) is 0 Å². The van der Waals surface area contributed by atoms with Crippen LogP contribution in [0.15, 0.2) is 24.3 Å². The van der Waals surface area contributed by atoms with Crippen molar-refractivity contribution in [3.05, 3.63) is 29.8 Å². The number of carbonyl (C=O) groups excluding carboxylic acids is 2. The first-order valence-corrected chi connectivity index (χ1v) is 8.43. The molecule has 1 aliphatic rings. The molecule has 0 unspecified atom stereocenters. The van der Waals surface area contributed by atoms with E-state index in [1.54, 1.807) is 0 Å². The van der Waals surface area contributed by atoms with Crippen molar-refractivity contribution in [2.45, 2.75) is 70.8 Å². The van der Waals surface area contributed by atoms with Crippen LogP contribution in [0.5, 0.6) is 5.75 Å². The van der Waals surface area contributed by atoms with Gasteiger partial charge in [-0.15, -0.1) is 0 Å². The molecule has 0 radical (unpaired) electrons. The van der Waals surface area contributed by atoms with Gasteiger partial charge in [0.1, 0.15) is 17.3 Å². The maximum absolute atomic E-state index is 11.7. The highest BCUT2D eigenvalue weighted by Gasteiger charge is 2.28. The lowest BCUT2D eigenvalue weighted by molar-refractivity contribution is -0.130. The summed E-state index contributed by atoms with van der Waals surface area (Å²) in [6, 6.07) is 7.89. The summed E-state index contributed by atoms with van der Waals surface area (Å²) in [5.74, 6) is 0.931. The molecule has 0 N–H and O–H groups in total. The summed E-state index contributed by atoms with van der Waals surface area (Å²) in [5.41, 5.74) is 1.01. The Kier molecular flexibility index (Phi) is 6.17. The van der Waals surface area contributed by atoms with Crippen molar-refractivity contribution in [2.75, 3.05) is 0 Å². The maximum Gasteiger partial charge on any atom is 0.140 e. The molecule has 1 saturated carbocycles. The molecule has 3 heteroatoms. The van der Waals surface area contributed by atoms with Gasteiger partial charge in [0.05, 0.1) is 12.5 Å². The van der Waals surface area contributed by atoms with Gasteiger partial charge in [0.25, 0.3) is 0 Å². The maximum atomic E-state index is 11.7. The lowest BCUT2D eigenvalue weighted by Crippen LogP contribution is -2.23. The normalized spacial score (nSPS) is 16.3. The van der Waals surface area contributed by atoms with Crippen LogP contribution in [0.4, 0.5) is 0 Å². The second-order valence-electron chi connectivity index (χ2n) is 6.21. The molecule has 120 valence electrons. The summed E-state index contributed by atoms with van der Waals surface area (Å²) < 4.78 is 6.23. The molecule has 0 heterocycles. The number of rotatable bonds is 7. The van der Waals surface area contributed by atoms with E-state index in [2.05, 4.69) is 13.8 Å². The van der Waals surface area contributed by atoms with Crippen molar-refractivity contribution >= 4 is 11.6 Å². The first-order valence-electron chi connectivity index (χ1n) is 8.43. The zero-order valence-corrected chi connectivity index (χ0v) is 13.6. The standard InChI is InChI=1S/C19H26O3/c1-3-7-17(8-4-2)22-19-10-6-5-9-18(19)14-11-15(20)13-16(21)12-14/h5-6,9-10,14,17H,3-4,7-8,11-13H2,1-2H3. The van der Waals surface area contributed by atoms with E-state index in [9.17, 15) is 9.59 Å². The molecular formula is C19H26O3. The topological polar surface area (TPSA) is 43.4 Å². The number of Topliss-reactive ketones (excluding diaryl/α,β-unsaturated/α-hetero) is 2. The molecule has 22 heavy (non-hydrogen) atoms. The third-order valence-corrected chi connectivity index (χ3v) is 4.22. The smallest absolute Gasteiger partial charge is 0.140 e. The van der Waals surface area contributed by atoms with Crippen LogP contribution in [-0.2, 0) is 9.59 Å². The molecule has 1 fully saturated rings. The summed E-state index contributed by atoms with van der Waals surface area (Å²) in [4.78, 5) is 23.5. The van der Waals surface area contributed by atoms with Gasteiger partial charge in [-0.25, -0.2) is 0 Å². The molecule has 0 saturated heterocycles. The van der Waals surface area contributed by atoms with Crippen LogP contribution in [0, 0.1) is 0 Å². The Morgan fingerprint density at radius 3 is 2.23 bits per heavy atom. The van der Waals surface area contributed by atoms with Gasteiger partial charge in [-0.2, -0.15) is 0 Å². The third-order valence-electron chi connectivity index (χ3n) is 4.22. The van der Waals surface area contributed by atoms with Gasteiger partial charge in [-0.05, 0) is 24.5 Å². The Hall–Kier alpha value is -1.64. The minimum absolute atomic E-state index is 0.0196. The lowest BCUT2D eigenvalue weighted by Gasteiger charge is -2.25. The third kappa shape index (κ3) is 4.43. The highest BCUT2D eigenvalue weighted by atomic mass is 16.5. The predicted molar refractivity (Wildman–Crippen MR) is 87.3 cm³/mol. The summed E-state index contributed by atoms with van der Waals surface area (Å²) in [7, 11) is 0. The highest BCUT2D eigenvalue weighted by Crippen LogP contribution is 2.35. The Labute approximate surface area is 133 Å². The minimum atomic E-state index is -0.0196. The lowest BCUT2D eigenvalue weighted by atomic mass is 9.82. The van der Waals surface area contributed by atoms with Gasteiger partial charge in [-0.3, -0.25) is 9.59 Å². The van der Waals surface area contributed by atoms with Crippen molar-refractivity contribution in [3.8, 4) is 5.75 Å². The zero-order chi connectivity index (χ0) is 15.9. The number of benzene rings is 1. The Morgan fingerprint density at radius 1 is 1.05 bits per heavy atom. The van der Waals surface area contributed by atoms with Crippen LogP contribution in [0.1, 0.15) is 70.3 Å². The molecule has 0 bridgehead atoms. The van der Waals surface area contributed by atoms with E-state index < -0.39 is 0 Å². The molecule has 1 aromatic carbocycles. The van der Waals surface area contributed by atoms with Crippen LogP contribution in [-0.4, -0.2) is 17.7 Å². The van der Waals surface area contributed by atoms with E-state index in [1.165, 1.54) is 0 Å². The van der Waals surface area contributed by atoms with E-state index in [4.69, 9.17) is 4.74 Å². The fourth-order valence-electron chi connectivity index (χ4n) is 3.22. The Morgan fingerprint density at radius 2 is 1.64 bits per heavy atom. The average Bonchev–Trinajstić information content (AvgIpc) is 2.47. The van der Waals surface area contributed by atoms with E-state index in [0.29, 0.717) is 12.8 Å². The van der Waals surface area contributed by atoms with Gasteiger partial charge in [0.15, 0.2) is 0 Å². The molecule has 0 amide bonds. The monoisotopic (exact) mass is 302 g/mol. The van der Waals surface area contributed by atoms with Crippen LogP contribution in [0.3, 0.4) is 0 Å². The Bertz CT molecular complexity index is 499. The van der Waals surface area contributed by atoms with Gasteiger partial charge in [-0.1, -0.05) is 44.9 Å². The fourth-order valence-corrected chi connectivity index (χ4v) is 3.22. The first kappa shape index (κ1) is 16.7. The Balaban J connectivity index is 2.18. The number of hydrogen-bond acceptors (Lipinski definition) is 3. The SMILES string of the molecule is CCCC(CCC)Oc1ccccc1C1CC(=O)CC(=O)C1. The number of para-hydroxylation sites is 1. The van der Waals surface area contributed by atoms with Crippen molar-refractivity contribution in [2.24, 2.45) is 0 Å². The summed E-state index contributed by atoms with van der Waals surface area (Å²) in [6.07, 6.45) is 5.48. The molecule has 2 rings (SSSR count). The number of hydrogen-bond donors (Lipinski definition) is 0. The molecule has 1 aromatic rings. The van der Waals surface area contributed by atoms with Gasteiger partial charge < -0.3 is 4.74 Å². The summed E-state index contributed by atoms with van der Waals surface area (Å²) >= 11 is 0. The van der Waals surface area contributed by atoms with E-state index in [1.807, 2.05) is 24.3 Å². The van der Waals surface area contributed by atoms with Crippen molar-refractivity contribution in [1.29, 1.82) is 0 Å². The van der Waals surface area contributed by atoms with E-state index in [0.717, 1.165) is 37.0 Å². The van der Waals surface area contributed by atoms with Gasteiger partial charge in [0.2, 0.25) is 0 Å². The number of carbonyl (C=O) groups is 2. The summed E-state index contributed by atoms with van der Waals surface area (Å²) in [5, 5.41) is 0. The molecule has 0 aromatic heterocycles. The summed E-state index contributed by atoms with van der Waals surface area (Å²) in [6.45, 7) is 4.33. The highest BCUT2D eigenvalue weighted by molar-refractivity contribution is 6.02. The number of ketones is 2. The van der Waals surface area contributed by atoms with E-state index in [-0.39, 0.29) is 30.0 Å². The second kappa shape index (κ2) is 8.11. The molecule has 3 nitrogen and oxygen atoms in total.